The first-order chi connectivity index (χ1) is 16.0. The van der Waals surface area contributed by atoms with Gasteiger partial charge in [0.25, 0.3) is 5.56 Å². The van der Waals surface area contributed by atoms with Crippen molar-refractivity contribution in [2.45, 2.75) is 19.8 Å². The number of fused-ring (bicyclic) bond motifs is 1. The van der Waals surface area contributed by atoms with Crippen molar-refractivity contribution in [2.75, 3.05) is 23.3 Å². The molecule has 1 aliphatic heterocycles. The van der Waals surface area contributed by atoms with Crippen LogP contribution in [0.3, 0.4) is 0 Å². The summed E-state index contributed by atoms with van der Waals surface area (Å²) in [6.07, 6.45) is 1.24. The first-order valence-electron chi connectivity index (χ1n) is 10.9. The van der Waals surface area contributed by atoms with Crippen molar-refractivity contribution in [2.24, 2.45) is 5.92 Å². The van der Waals surface area contributed by atoms with E-state index in [4.69, 9.17) is 4.98 Å². The Balaban J connectivity index is 1.40. The van der Waals surface area contributed by atoms with Crippen molar-refractivity contribution >= 4 is 39.1 Å². The van der Waals surface area contributed by atoms with Gasteiger partial charge in [-0.25, -0.2) is 13.9 Å². The third-order valence-electron chi connectivity index (χ3n) is 6.00. The number of anilines is 2. The van der Waals surface area contributed by atoms with Crippen molar-refractivity contribution in [3.05, 3.63) is 81.7 Å². The minimum Gasteiger partial charge on any atom is -0.342 e. The summed E-state index contributed by atoms with van der Waals surface area (Å²) in [5.74, 6) is -0.0864. The molecule has 2 aromatic carbocycles. The van der Waals surface area contributed by atoms with Crippen molar-refractivity contribution < 1.29 is 9.18 Å². The number of halogens is 1. The van der Waals surface area contributed by atoms with E-state index in [0.29, 0.717) is 47.8 Å². The average molecular weight is 463 g/mol. The van der Waals surface area contributed by atoms with E-state index < -0.39 is 0 Å². The van der Waals surface area contributed by atoms with Crippen LogP contribution >= 0.6 is 11.3 Å². The normalized spacial score (nSPS) is 14.5. The Morgan fingerprint density at radius 2 is 1.88 bits per heavy atom. The molecule has 3 heterocycles. The molecular weight excluding hydrogens is 439 g/mol. The van der Waals surface area contributed by atoms with Gasteiger partial charge < -0.3 is 10.2 Å². The van der Waals surface area contributed by atoms with Crippen molar-refractivity contribution in [3.63, 3.8) is 0 Å². The van der Waals surface area contributed by atoms with Gasteiger partial charge in [0.15, 0.2) is 0 Å². The highest BCUT2D eigenvalue weighted by molar-refractivity contribution is 7.17. The Morgan fingerprint density at radius 3 is 2.61 bits per heavy atom. The summed E-state index contributed by atoms with van der Waals surface area (Å²) in [7, 11) is 0. The molecule has 0 spiro atoms. The standard InChI is InChI=1S/C25H23FN4O2S/c1-16-5-7-20(8-6-16)30-24(32)22-21(11-14-33-22)28-25(30)29-12-9-17(10-13-29)23(31)27-19-4-2-3-18(26)15-19/h2-8,11,14-15,17H,9-10,12-13H2,1H3,(H,27,31). The Bertz CT molecular complexity index is 1370. The summed E-state index contributed by atoms with van der Waals surface area (Å²) in [4.78, 5) is 33.0. The number of hydrogen-bond acceptors (Lipinski definition) is 5. The van der Waals surface area contributed by atoms with E-state index >= 15 is 0 Å². The molecule has 0 radical (unpaired) electrons. The van der Waals surface area contributed by atoms with E-state index in [9.17, 15) is 14.0 Å². The molecule has 0 unspecified atom stereocenters. The van der Waals surface area contributed by atoms with E-state index in [0.717, 1.165) is 11.3 Å². The Morgan fingerprint density at radius 1 is 1.12 bits per heavy atom. The van der Waals surface area contributed by atoms with Crippen LogP contribution in [-0.4, -0.2) is 28.5 Å². The molecule has 33 heavy (non-hydrogen) atoms. The van der Waals surface area contributed by atoms with Gasteiger partial charge in [0.2, 0.25) is 11.9 Å². The number of amides is 1. The maximum atomic E-state index is 13.4. The second-order valence-corrected chi connectivity index (χ2v) is 9.20. The van der Waals surface area contributed by atoms with Gasteiger partial charge in [-0.15, -0.1) is 11.3 Å². The number of carbonyl (C=O) groups is 1. The van der Waals surface area contributed by atoms with Crippen LogP contribution in [0.4, 0.5) is 16.0 Å². The molecule has 5 rings (SSSR count). The number of rotatable bonds is 4. The number of benzene rings is 2. The number of nitrogens with zero attached hydrogens (tertiary/aromatic N) is 3. The lowest BCUT2D eigenvalue weighted by Gasteiger charge is -2.33. The first-order valence-corrected chi connectivity index (χ1v) is 11.8. The third kappa shape index (κ3) is 4.26. The van der Waals surface area contributed by atoms with Gasteiger partial charge in [0, 0.05) is 24.7 Å². The maximum absolute atomic E-state index is 13.4. The summed E-state index contributed by atoms with van der Waals surface area (Å²) >= 11 is 1.39. The highest BCUT2D eigenvalue weighted by Crippen LogP contribution is 2.27. The quantitative estimate of drug-likeness (QED) is 0.475. The average Bonchev–Trinajstić information content (AvgIpc) is 3.29. The van der Waals surface area contributed by atoms with Crippen LogP contribution in [0.5, 0.6) is 0 Å². The van der Waals surface area contributed by atoms with E-state index in [1.807, 2.05) is 42.6 Å². The van der Waals surface area contributed by atoms with Crippen LogP contribution in [0.25, 0.3) is 15.9 Å². The molecule has 0 aliphatic carbocycles. The summed E-state index contributed by atoms with van der Waals surface area (Å²) in [5, 5.41) is 4.69. The maximum Gasteiger partial charge on any atom is 0.277 e. The van der Waals surface area contributed by atoms with E-state index in [2.05, 4.69) is 10.2 Å². The Kier molecular flexibility index (Phi) is 5.68. The molecule has 1 amide bonds. The lowest BCUT2D eigenvalue weighted by Crippen LogP contribution is -2.41. The summed E-state index contributed by atoms with van der Waals surface area (Å²) in [6, 6.07) is 15.6. The third-order valence-corrected chi connectivity index (χ3v) is 6.89. The molecule has 0 atom stereocenters. The molecular formula is C25H23FN4O2S. The van der Waals surface area contributed by atoms with Crippen molar-refractivity contribution in [1.29, 1.82) is 0 Å². The van der Waals surface area contributed by atoms with Crippen LogP contribution < -0.4 is 15.8 Å². The molecule has 1 fully saturated rings. The smallest absolute Gasteiger partial charge is 0.277 e. The molecule has 2 aromatic heterocycles. The monoisotopic (exact) mass is 462 g/mol. The summed E-state index contributed by atoms with van der Waals surface area (Å²) in [6.45, 7) is 3.19. The zero-order valence-electron chi connectivity index (χ0n) is 18.1. The number of aryl methyl sites for hydroxylation is 1. The number of carbonyl (C=O) groups excluding carboxylic acids is 1. The topological polar surface area (TPSA) is 67.2 Å². The van der Waals surface area contributed by atoms with Crippen molar-refractivity contribution in [1.82, 2.24) is 9.55 Å². The van der Waals surface area contributed by atoms with Crippen LogP contribution in [0.2, 0.25) is 0 Å². The molecule has 1 saturated heterocycles. The predicted molar refractivity (Wildman–Crippen MR) is 130 cm³/mol. The van der Waals surface area contributed by atoms with Gasteiger partial charge in [-0.2, -0.15) is 0 Å². The predicted octanol–water partition coefficient (Wildman–Crippen LogP) is 4.75. The van der Waals surface area contributed by atoms with Gasteiger partial charge in [-0.05, 0) is 61.5 Å². The van der Waals surface area contributed by atoms with E-state index in [-0.39, 0.29) is 23.2 Å². The zero-order valence-corrected chi connectivity index (χ0v) is 18.9. The van der Waals surface area contributed by atoms with Gasteiger partial charge in [-0.3, -0.25) is 9.59 Å². The van der Waals surface area contributed by atoms with Gasteiger partial charge in [-0.1, -0.05) is 23.8 Å². The fraction of sp³-hybridized carbons (Fsp3) is 0.240. The van der Waals surface area contributed by atoms with E-state index in [1.165, 1.54) is 23.5 Å². The zero-order chi connectivity index (χ0) is 22.9. The number of hydrogen-bond donors (Lipinski definition) is 1. The van der Waals surface area contributed by atoms with Crippen LogP contribution in [0.1, 0.15) is 18.4 Å². The lowest BCUT2D eigenvalue weighted by atomic mass is 9.96. The Hall–Kier alpha value is -3.52. The largest absolute Gasteiger partial charge is 0.342 e. The highest BCUT2D eigenvalue weighted by Gasteiger charge is 2.28. The fourth-order valence-corrected chi connectivity index (χ4v) is 4.95. The molecule has 0 saturated carbocycles. The number of aromatic nitrogens is 2. The van der Waals surface area contributed by atoms with Crippen molar-refractivity contribution in [3.8, 4) is 5.69 Å². The number of nitrogens with one attached hydrogen (secondary N) is 1. The molecule has 168 valence electrons. The van der Waals surface area contributed by atoms with Gasteiger partial charge in [0.1, 0.15) is 10.5 Å². The van der Waals surface area contributed by atoms with Crippen LogP contribution in [-0.2, 0) is 4.79 Å². The van der Waals surface area contributed by atoms with E-state index in [1.54, 1.807) is 16.7 Å². The second-order valence-electron chi connectivity index (χ2n) is 8.28. The molecule has 4 aromatic rings. The number of piperidine rings is 1. The highest BCUT2D eigenvalue weighted by atomic mass is 32.1. The minimum atomic E-state index is -0.383. The van der Waals surface area contributed by atoms with Gasteiger partial charge >= 0.3 is 0 Å². The summed E-state index contributed by atoms with van der Waals surface area (Å²) < 4.78 is 15.7. The second kappa shape index (κ2) is 8.78. The minimum absolute atomic E-state index is 0.0835. The van der Waals surface area contributed by atoms with Crippen LogP contribution in [0, 0.1) is 18.7 Å². The lowest BCUT2D eigenvalue weighted by molar-refractivity contribution is -0.120. The molecule has 0 bridgehead atoms. The molecule has 8 heteroatoms. The first kappa shape index (κ1) is 21.3. The SMILES string of the molecule is Cc1ccc(-n2c(N3CCC(C(=O)Nc4cccc(F)c4)CC3)nc3ccsc3c2=O)cc1. The van der Waals surface area contributed by atoms with Crippen LogP contribution in [0.15, 0.2) is 64.8 Å². The fourth-order valence-electron chi connectivity index (χ4n) is 4.19. The molecule has 1 aliphatic rings. The Labute approximate surface area is 194 Å². The molecule has 6 nitrogen and oxygen atoms in total. The summed E-state index contributed by atoms with van der Waals surface area (Å²) in [5.41, 5.74) is 2.95. The molecule has 1 N–H and O–H groups in total. The number of thiophene rings is 1. The van der Waals surface area contributed by atoms with Gasteiger partial charge in [0.05, 0.1) is 11.2 Å².